The van der Waals surface area contributed by atoms with Gasteiger partial charge in [-0.2, -0.15) is 0 Å². The van der Waals surface area contributed by atoms with E-state index < -0.39 is 17.7 Å². The molecule has 0 heterocycles. The fraction of sp³-hybridized carbons (Fsp3) is 0.625. The molecule has 0 N–H and O–H groups in total. The topological polar surface area (TPSA) is 69.7 Å². The molecule has 0 aromatic carbocycles. The van der Waals surface area contributed by atoms with E-state index in [4.69, 9.17) is 0 Å². The van der Waals surface area contributed by atoms with E-state index in [2.05, 4.69) is 9.47 Å². The first-order valence-electron chi connectivity index (χ1n) is 4.01. The van der Waals surface area contributed by atoms with Crippen molar-refractivity contribution in [3.8, 4) is 0 Å². The van der Waals surface area contributed by atoms with Crippen LogP contribution < -0.4 is 0 Å². The predicted octanol–water partition coefficient (Wildman–Crippen LogP) is 0.0718. The molecule has 0 aliphatic rings. The summed E-state index contributed by atoms with van der Waals surface area (Å²) in [5.41, 5.74) is 0. The van der Waals surface area contributed by atoms with E-state index in [1.165, 1.54) is 0 Å². The highest BCUT2D eigenvalue weighted by Crippen LogP contribution is 1.88. The van der Waals surface area contributed by atoms with Crippen molar-refractivity contribution in [1.29, 1.82) is 0 Å². The molecule has 0 aromatic rings. The number of carbonyl (C=O) groups is 3. The molecular weight excluding hydrogens is 176 g/mol. The van der Waals surface area contributed by atoms with Gasteiger partial charge in [-0.25, -0.2) is 9.59 Å². The summed E-state index contributed by atoms with van der Waals surface area (Å²) in [4.78, 5) is 32.2. The maximum absolute atomic E-state index is 10.8. The van der Waals surface area contributed by atoms with Crippen molar-refractivity contribution in [3.05, 3.63) is 0 Å². The summed E-state index contributed by atoms with van der Waals surface area (Å²) in [5, 5.41) is 0. The summed E-state index contributed by atoms with van der Waals surface area (Å²) >= 11 is 0. The Hall–Kier alpha value is -1.39. The second-order valence-electron chi connectivity index (χ2n) is 2.19. The number of esters is 2. The highest BCUT2D eigenvalue weighted by atomic mass is 16.6. The molecule has 0 atom stereocenters. The molecule has 0 aliphatic heterocycles. The van der Waals surface area contributed by atoms with Crippen molar-refractivity contribution in [1.82, 2.24) is 0 Å². The van der Waals surface area contributed by atoms with Gasteiger partial charge in [0.15, 0.2) is 0 Å². The summed E-state index contributed by atoms with van der Waals surface area (Å²) in [6, 6.07) is 0. The zero-order chi connectivity index (χ0) is 10.3. The first kappa shape index (κ1) is 11.6. The Morgan fingerprint density at radius 2 is 1.54 bits per heavy atom. The fourth-order valence-electron chi connectivity index (χ4n) is 0.540. The lowest BCUT2D eigenvalue weighted by Gasteiger charge is -2.01. The second-order valence-corrected chi connectivity index (χ2v) is 2.19. The minimum atomic E-state index is -1.25. The Balaban J connectivity index is 3.95. The molecule has 0 unspecified atom stereocenters. The SMILES string of the molecule is CCCOC(=O)C(=O)C(=O)OCC. The van der Waals surface area contributed by atoms with Crippen molar-refractivity contribution in [2.75, 3.05) is 13.2 Å². The van der Waals surface area contributed by atoms with Crippen molar-refractivity contribution in [3.63, 3.8) is 0 Å². The van der Waals surface area contributed by atoms with Gasteiger partial charge in [-0.1, -0.05) is 6.92 Å². The minimum Gasteiger partial charge on any atom is -0.460 e. The molecule has 0 aromatic heterocycles. The van der Waals surface area contributed by atoms with Crippen LogP contribution in [0.3, 0.4) is 0 Å². The number of rotatable bonds is 5. The maximum Gasteiger partial charge on any atom is 0.386 e. The average molecular weight is 188 g/mol. The van der Waals surface area contributed by atoms with Crippen LogP contribution in [0, 0.1) is 0 Å². The van der Waals surface area contributed by atoms with Crippen LogP contribution in [0.4, 0.5) is 0 Å². The Morgan fingerprint density at radius 1 is 1.00 bits per heavy atom. The molecule has 0 fully saturated rings. The molecule has 0 bridgehead atoms. The zero-order valence-electron chi connectivity index (χ0n) is 7.66. The van der Waals surface area contributed by atoms with Crippen LogP contribution in [0.25, 0.3) is 0 Å². The first-order chi connectivity index (χ1) is 6.13. The number of ketones is 1. The smallest absolute Gasteiger partial charge is 0.386 e. The number of ether oxygens (including phenoxy) is 2. The molecular formula is C8H12O5. The third-order valence-electron chi connectivity index (χ3n) is 1.08. The van der Waals surface area contributed by atoms with Crippen molar-refractivity contribution in [2.45, 2.75) is 20.3 Å². The van der Waals surface area contributed by atoms with Crippen LogP contribution in [0.5, 0.6) is 0 Å². The number of hydrogen-bond donors (Lipinski definition) is 0. The average Bonchev–Trinajstić information content (AvgIpc) is 2.13. The van der Waals surface area contributed by atoms with Crippen LogP contribution in [0.2, 0.25) is 0 Å². The quantitative estimate of drug-likeness (QED) is 0.347. The summed E-state index contributed by atoms with van der Waals surface area (Å²) in [7, 11) is 0. The molecule has 0 rings (SSSR count). The lowest BCUT2D eigenvalue weighted by molar-refractivity contribution is -0.164. The van der Waals surface area contributed by atoms with Gasteiger partial charge in [-0.05, 0) is 13.3 Å². The third kappa shape index (κ3) is 4.25. The Bertz CT molecular complexity index is 209. The minimum absolute atomic E-state index is 0.0611. The Kier molecular flexibility index (Phi) is 5.50. The maximum atomic E-state index is 10.8. The summed E-state index contributed by atoms with van der Waals surface area (Å²) in [6.07, 6.45) is 0.599. The third-order valence-corrected chi connectivity index (χ3v) is 1.08. The van der Waals surface area contributed by atoms with Crippen LogP contribution in [-0.4, -0.2) is 30.9 Å². The van der Waals surface area contributed by atoms with Crippen LogP contribution in [-0.2, 0) is 23.9 Å². The molecule has 0 amide bonds. The first-order valence-corrected chi connectivity index (χ1v) is 4.01. The normalized spacial score (nSPS) is 9.08. The van der Waals surface area contributed by atoms with Crippen LogP contribution in [0.15, 0.2) is 0 Å². The molecule has 5 heteroatoms. The van der Waals surface area contributed by atoms with Gasteiger partial charge in [0, 0.05) is 0 Å². The van der Waals surface area contributed by atoms with Gasteiger partial charge in [0.1, 0.15) is 0 Å². The molecule has 13 heavy (non-hydrogen) atoms. The van der Waals surface area contributed by atoms with E-state index in [1.54, 1.807) is 13.8 Å². The van der Waals surface area contributed by atoms with E-state index in [0.29, 0.717) is 6.42 Å². The van der Waals surface area contributed by atoms with Crippen molar-refractivity contribution in [2.24, 2.45) is 0 Å². The number of hydrogen-bond acceptors (Lipinski definition) is 5. The van der Waals surface area contributed by atoms with Crippen molar-refractivity contribution >= 4 is 17.7 Å². The Morgan fingerprint density at radius 3 is 2.00 bits per heavy atom. The summed E-state index contributed by atoms with van der Waals surface area (Å²) in [5.74, 6) is -3.57. The molecule has 0 radical (unpaired) electrons. The van der Waals surface area contributed by atoms with Gasteiger partial charge in [0.05, 0.1) is 13.2 Å². The lowest BCUT2D eigenvalue weighted by atomic mass is 10.4. The largest absolute Gasteiger partial charge is 0.460 e. The van der Waals surface area contributed by atoms with Gasteiger partial charge in [-0.3, -0.25) is 4.79 Å². The van der Waals surface area contributed by atoms with Gasteiger partial charge in [-0.15, -0.1) is 0 Å². The van der Waals surface area contributed by atoms with Gasteiger partial charge >= 0.3 is 17.7 Å². The zero-order valence-corrected chi connectivity index (χ0v) is 7.66. The molecule has 0 aliphatic carbocycles. The van der Waals surface area contributed by atoms with Gasteiger partial charge < -0.3 is 9.47 Å². The van der Waals surface area contributed by atoms with Crippen LogP contribution >= 0.6 is 0 Å². The lowest BCUT2D eigenvalue weighted by Crippen LogP contribution is -2.28. The summed E-state index contributed by atoms with van der Waals surface area (Å²) in [6.45, 7) is 3.51. The van der Waals surface area contributed by atoms with Crippen molar-refractivity contribution < 1.29 is 23.9 Å². The molecule has 0 saturated carbocycles. The van der Waals surface area contributed by atoms with E-state index >= 15 is 0 Å². The van der Waals surface area contributed by atoms with Gasteiger partial charge in [0.25, 0.3) is 0 Å². The van der Waals surface area contributed by atoms with E-state index in [-0.39, 0.29) is 13.2 Å². The molecule has 5 nitrogen and oxygen atoms in total. The highest BCUT2D eigenvalue weighted by molar-refractivity contribution is 6.60. The van der Waals surface area contributed by atoms with E-state index in [9.17, 15) is 14.4 Å². The molecule has 74 valence electrons. The monoisotopic (exact) mass is 188 g/mol. The number of Topliss-reactive ketones (excluding diaryl/α,β-unsaturated/α-hetero) is 1. The molecule has 0 saturated heterocycles. The highest BCUT2D eigenvalue weighted by Gasteiger charge is 2.25. The fourth-order valence-corrected chi connectivity index (χ4v) is 0.540. The Labute approximate surface area is 76.0 Å². The van der Waals surface area contributed by atoms with E-state index in [0.717, 1.165) is 0 Å². The number of carbonyl (C=O) groups excluding carboxylic acids is 3. The van der Waals surface area contributed by atoms with E-state index in [1.807, 2.05) is 0 Å². The van der Waals surface area contributed by atoms with Gasteiger partial charge in [0.2, 0.25) is 0 Å². The predicted molar refractivity (Wildman–Crippen MR) is 42.9 cm³/mol. The standard InChI is InChI=1S/C8H12O5/c1-3-5-13-8(11)6(9)7(10)12-4-2/h3-5H2,1-2H3. The summed E-state index contributed by atoms with van der Waals surface area (Å²) < 4.78 is 8.75. The second kappa shape index (κ2) is 6.16. The molecule has 0 spiro atoms. The van der Waals surface area contributed by atoms with Crippen LogP contribution in [0.1, 0.15) is 20.3 Å².